The van der Waals surface area contributed by atoms with Gasteiger partial charge in [0.15, 0.2) is 0 Å². The summed E-state index contributed by atoms with van der Waals surface area (Å²) in [6.45, 7) is 8.57. The Labute approximate surface area is 187 Å². The van der Waals surface area contributed by atoms with Crippen molar-refractivity contribution in [3.8, 4) is 22.3 Å². The van der Waals surface area contributed by atoms with Crippen LogP contribution in [0.25, 0.3) is 33.4 Å². The van der Waals surface area contributed by atoms with Gasteiger partial charge in [0, 0.05) is 11.1 Å². The van der Waals surface area contributed by atoms with Crippen molar-refractivity contribution in [1.29, 1.82) is 0 Å². The molecular formula is C30H33N. The second-order valence-electron chi connectivity index (χ2n) is 7.47. The van der Waals surface area contributed by atoms with E-state index in [0.29, 0.717) is 0 Å². The van der Waals surface area contributed by atoms with Gasteiger partial charge >= 0.3 is 0 Å². The Kier molecular flexibility index (Phi) is 8.06. The summed E-state index contributed by atoms with van der Waals surface area (Å²) in [5.74, 6) is 0. The molecule has 0 saturated carbocycles. The summed E-state index contributed by atoms with van der Waals surface area (Å²) in [5.41, 5.74) is 9.68. The Hall–Kier alpha value is -3.32. The average Bonchev–Trinajstić information content (AvgIpc) is 3.21. The molecule has 1 nitrogen and oxygen atoms in total. The summed E-state index contributed by atoms with van der Waals surface area (Å²) in [7, 11) is 0. The van der Waals surface area contributed by atoms with Crippen LogP contribution in [-0.2, 0) is 0 Å². The molecular weight excluding hydrogens is 374 g/mol. The van der Waals surface area contributed by atoms with Crippen molar-refractivity contribution < 1.29 is 0 Å². The molecule has 0 fully saturated rings. The maximum atomic E-state index is 3.83. The van der Waals surface area contributed by atoms with Gasteiger partial charge in [0.1, 0.15) is 0 Å². The standard InChI is InChI=1S/C30H33N/c1-5-9-17-23(7-3)29-27(25-19-13-11-14-20-25)28(26-21-15-12-16-22-26)30(31-29)24(8-4)18-10-6-2/h7-22,31H,5-6H2,1-4H3/b17-9-,18-10-,23-7+,24-8+. The van der Waals surface area contributed by atoms with Gasteiger partial charge in [-0.1, -0.05) is 111 Å². The molecule has 158 valence electrons. The molecule has 0 spiro atoms. The smallest absolute Gasteiger partial charge is 0.0541 e. The molecule has 2 aromatic carbocycles. The van der Waals surface area contributed by atoms with Crippen molar-refractivity contribution in [2.45, 2.75) is 40.5 Å². The van der Waals surface area contributed by atoms with Crippen LogP contribution in [0.15, 0.2) is 97.1 Å². The fourth-order valence-electron chi connectivity index (χ4n) is 3.86. The van der Waals surface area contributed by atoms with Gasteiger partial charge in [-0.05, 0) is 49.0 Å². The molecule has 0 bridgehead atoms. The molecule has 3 rings (SSSR count). The molecule has 0 aliphatic heterocycles. The molecule has 0 amide bonds. The van der Waals surface area contributed by atoms with Gasteiger partial charge in [0.2, 0.25) is 0 Å². The summed E-state index contributed by atoms with van der Waals surface area (Å²) in [5, 5.41) is 0. The van der Waals surface area contributed by atoms with Crippen LogP contribution in [0.1, 0.15) is 51.9 Å². The highest BCUT2D eigenvalue weighted by Gasteiger charge is 2.22. The van der Waals surface area contributed by atoms with Gasteiger partial charge in [-0.2, -0.15) is 0 Å². The van der Waals surface area contributed by atoms with Gasteiger partial charge in [0.05, 0.1) is 11.4 Å². The van der Waals surface area contributed by atoms with Crippen LogP contribution in [0.3, 0.4) is 0 Å². The van der Waals surface area contributed by atoms with E-state index in [1.807, 2.05) is 0 Å². The van der Waals surface area contributed by atoms with E-state index in [9.17, 15) is 0 Å². The number of hydrogen-bond donors (Lipinski definition) is 1. The summed E-state index contributed by atoms with van der Waals surface area (Å²) < 4.78 is 0. The lowest BCUT2D eigenvalue weighted by molar-refractivity contribution is 1.22. The topological polar surface area (TPSA) is 15.8 Å². The largest absolute Gasteiger partial charge is 0.354 e. The van der Waals surface area contributed by atoms with Crippen molar-refractivity contribution in [3.05, 3.63) is 109 Å². The van der Waals surface area contributed by atoms with Crippen molar-refractivity contribution in [2.75, 3.05) is 0 Å². The molecule has 0 aliphatic rings. The number of H-pyrrole nitrogens is 1. The van der Waals surface area contributed by atoms with Crippen LogP contribution in [0, 0.1) is 0 Å². The number of rotatable bonds is 8. The van der Waals surface area contributed by atoms with Crippen molar-refractivity contribution in [2.24, 2.45) is 0 Å². The summed E-state index contributed by atoms with van der Waals surface area (Å²) in [4.78, 5) is 3.83. The predicted octanol–water partition coefficient (Wildman–Crippen LogP) is 9.09. The fourth-order valence-corrected chi connectivity index (χ4v) is 3.86. The highest BCUT2D eigenvalue weighted by atomic mass is 14.8. The maximum Gasteiger partial charge on any atom is 0.0541 e. The van der Waals surface area contributed by atoms with Crippen molar-refractivity contribution in [1.82, 2.24) is 4.98 Å². The van der Waals surface area contributed by atoms with E-state index < -0.39 is 0 Å². The Morgan fingerprint density at radius 3 is 1.35 bits per heavy atom. The first kappa shape index (κ1) is 22.4. The number of aromatic amines is 1. The number of nitrogens with one attached hydrogen (secondary N) is 1. The van der Waals surface area contributed by atoms with Gasteiger partial charge in [-0.25, -0.2) is 0 Å². The number of benzene rings is 2. The van der Waals surface area contributed by atoms with Crippen LogP contribution in [0.2, 0.25) is 0 Å². The first-order valence-corrected chi connectivity index (χ1v) is 11.3. The summed E-state index contributed by atoms with van der Waals surface area (Å²) >= 11 is 0. The average molecular weight is 408 g/mol. The molecule has 3 aromatic rings. The number of aromatic nitrogens is 1. The zero-order chi connectivity index (χ0) is 22.1. The third-order valence-corrected chi connectivity index (χ3v) is 5.39. The van der Waals surface area contributed by atoms with Crippen LogP contribution in [-0.4, -0.2) is 4.98 Å². The second kappa shape index (κ2) is 11.2. The van der Waals surface area contributed by atoms with Crippen molar-refractivity contribution >= 4 is 11.1 Å². The normalized spacial score (nSPS) is 12.9. The lowest BCUT2D eigenvalue weighted by atomic mass is 9.91. The molecule has 0 atom stereocenters. The van der Waals surface area contributed by atoms with Crippen LogP contribution in [0.5, 0.6) is 0 Å². The quantitative estimate of drug-likeness (QED) is 0.358. The molecule has 0 aliphatic carbocycles. The third-order valence-electron chi connectivity index (χ3n) is 5.39. The van der Waals surface area contributed by atoms with E-state index in [-0.39, 0.29) is 0 Å². The van der Waals surface area contributed by atoms with E-state index in [1.165, 1.54) is 33.4 Å². The second-order valence-corrected chi connectivity index (χ2v) is 7.47. The highest BCUT2D eigenvalue weighted by molar-refractivity contribution is 5.99. The first-order chi connectivity index (χ1) is 15.2. The molecule has 0 radical (unpaired) electrons. The number of hydrogen-bond acceptors (Lipinski definition) is 0. The van der Waals surface area contributed by atoms with Crippen LogP contribution < -0.4 is 0 Å². The minimum Gasteiger partial charge on any atom is -0.354 e. The van der Waals surface area contributed by atoms with Crippen LogP contribution >= 0.6 is 0 Å². The van der Waals surface area contributed by atoms with E-state index in [4.69, 9.17) is 0 Å². The zero-order valence-electron chi connectivity index (χ0n) is 19.2. The Morgan fingerprint density at radius 1 is 0.645 bits per heavy atom. The maximum absolute atomic E-state index is 3.83. The monoisotopic (exact) mass is 407 g/mol. The number of allylic oxidation sites excluding steroid dienone is 8. The summed E-state index contributed by atoms with van der Waals surface area (Å²) in [6.07, 6.45) is 15.3. The minimum atomic E-state index is 1.01. The lowest BCUT2D eigenvalue weighted by Crippen LogP contribution is -1.88. The molecule has 1 heteroatoms. The zero-order valence-corrected chi connectivity index (χ0v) is 19.2. The van der Waals surface area contributed by atoms with Crippen LogP contribution in [0.4, 0.5) is 0 Å². The van der Waals surface area contributed by atoms with E-state index >= 15 is 0 Å². The van der Waals surface area contributed by atoms with Crippen molar-refractivity contribution in [3.63, 3.8) is 0 Å². The lowest BCUT2D eigenvalue weighted by Gasteiger charge is -2.11. The first-order valence-electron chi connectivity index (χ1n) is 11.3. The van der Waals surface area contributed by atoms with E-state index in [2.05, 4.69) is 130 Å². The van der Waals surface area contributed by atoms with Gasteiger partial charge in [-0.3, -0.25) is 0 Å². The Morgan fingerprint density at radius 2 is 1.03 bits per heavy atom. The van der Waals surface area contributed by atoms with Gasteiger partial charge < -0.3 is 4.98 Å². The minimum absolute atomic E-state index is 1.01. The van der Waals surface area contributed by atoms with Gasteiger partial charge in [0.25, 0.3) is 0 Å². The predicted molar refractivity (Wildman–Crippen MR) is 138 cm³/mol. The van der Waals surface area contributed by atoms with Gasteiger partial charge in [-0.15, -0.1) is 0 Å². The fraction of sp³-hybridized carbons (Fsp3) is 0.200. The SMILES string of the molecule is C/C=C(\C=C/CC)c1[nH]c(C(/C=C\CC)=C/C)c(-c2ccccc2)c1-c1ccccc1. The molecule has 1 heterocycles. The van der Waals surface area contributed by atoms with E-state index in [1.54, 1.807) is 0 Å². The molecule has 31 heavy (non-hydrogen) atoms. The highest BCUT2D eigenvalue weighted by Crippen LogP contribution is 2.43. The molecule has 1 N–H and O–H groups in total. The van der Waals surface area contributed by atoms with E-state index in [0.717, 1.165) is 24.2 Å². The Bertz CT molecular complexity index is 1000. The Balaban J connectivity index is 2.42. The molecule has 0 saturated heterocycles. The molecule has 1 aromatic heterocycles. The summed E-state index contributed by atoms with van der Waals surface area (Å²) in [6, 6.07) is 21.4. The molecule has 0 unspecified atom stereocenters. The third kappa shape index (κ3) is 5.06.